The van der Waals surface area contributed by atoms with Gasteiger partial charge in [0.1, 0.15) is 12.2 Å². The lowest BCUT2D eigenvalue weighted by Crippen LogP contribution is -2.26. The number of aliphatic hydroxyl groups is 1. The fourth-order valence-electron chi connectivity index (χ4n) is 2.66. The number of ether oxygens (including phenoxy) is 1. The first-order valence-electron chi connectivity index (χ1n) is 8.62. The lowest BCUT2D eigenvalue weighted by Gasteiger charge is -2.21. The topological polar surface area (TPSA) is 58.6 Å². The van der Waals surface area contributed by atoms with Gasteiger partial charge >= 0.3 is 12.3 Å². The van der Waals surface area contributed by atoms with Gasteiger partial charge in [-0.05, 0) is 30.5 Å². The van der Waals surface area contributed by atoms with Gasteiger partial charge in [-0.2, -0.15) is 13.2 Å². The molecule has 0 radical (unpaired) electrons. The number of amides is 1. The molecule has 0 aromatic heterocycles. The smallest absolute Gasteiger partial charge is 0.416 e. The highest BCUT2D eigenvalue weighted by atomic mass is 19.4. The number of alkyl carbamates (subject to hydrolysis) is 1. The Labute approximate surface area is 156 Å². The molecule has 0 saturated heterocycles. The Morgan fingerprint density at radius 3 is 2.41 bits per heavy atom. The number of aliphatic hydroxyl groups excluding tert-OH is 1. The number of carbonyl (C=O) groups excluding carboxylic acids is 1. The predicted octanol–water partition coefficient (Wildman–Crippen LogP) is 4.98. The van der Waals surface area contributed by atoms with Gasteiger partial charge in [0.2, 0.25) is 0 Å². The van der Waals surface area contributed by atoms with Crippen LogP contribution in [0.15, 0.2) is 48.5 Å². The van der Waals surface area contributed by atoms with Crippen molar-refractivity contribution in [1.82, 2.24) is 5.32 Å². The standard InChI is InChI=1S/C20H22F3NO3/c1-3-11-24-19(26)27-13(2)16-10-9-15(12-17(16)20(21,22)23)18(25)14-7-5-4-6-8-14/h4-10,12-13,18,25H,3,11H2,1-2H3,(H,24,26). The molecule has 0 aliphatic rings. The molecule has 146 valence electrons. The number of benzene rings is 2. The van der Waals surface area contributed by atoms with Crippen LogP contribution in [0.1, 0.15) is 54.7 Å². The molecule has 0 saturated carbocycles. The quantitative estimate of drug-likeness (QED) is 0.742. The maximum Gasteiger partial charge on any atom is 0.416 e. The van der Waals surface area contributed by atoms with Crippen LogP contribution in [0.2, 0.25) is 0 Å². The maximum absolute atomic E-state index is 13.6. The van der Waals surface area contributed by atoms with Crippen LogP contribution in [0.4, 0.5) is 18.0 Å². The van der Waals surface area contributed by atoms with Gasteiger partial charge in [-0.1, -0.05) is 49.4 Å². The summed E-state index contributed by atoms with van der Waals surface area (Å²) in [4.78, 5) is 11.7. The number of halogens is 3. The second-order valence-electron chi connectivity index (χ2n) is 6.13. The molecule has 0 aliphatic heterocycles. The van der Waals surface area contributed by atoms with Crippen molar-refractivity contribution in [2.75, 3.05) is 6.54 Å². The van der Waals surface area contributed by atoms with Crippen molar-refractivity contribution in [3.63, 3.8) is 0 Å². The third-order valence-corrected chi connectivity index (χ3v) is 4.05. The molecule has 0 heterocycles. The molecule has 0 fully saturated rings. The highest BCUT2D eigenvalue weighted by Gasteiger charge is 2.36. The molecule has 4 nitrogen and oxygen atoms in total. The van der Waals surface area contributed by atoms with Gasteiger partial charge in [-0.15, -0.1) is 0 Å². The molecule has 0 aliphatic carbocycles. The number of hydrogen-bond donors (Lipinski definition) is 2. The molecule has 2 rings (SSSR count). The van der Waals surface area contributed by atoms with Crippen LogP contribution in [0, 0.1) is 0 Å². The first-order chi connectivity index (χ1) is 12.7. The van der Waals surface area contributed by atoms with Crippen LogP contribution in [-0.4, -0.2) is 17.7 Å². The van der Waals surface area contributed by atoms with E-state index in [-0.39, 0.29) is 11.1 Å². The first-order valence-corrected chi connectivity index (χ1v) is 8.62. The summed E-state index contributed by atoms with van der Waals surface area (Å²) in [5.41, 5.74) is -0.509. The minimum absolute atomic E-state index is 0.111. The average Bonchev–Trinajstić information content (AvgIpc) is 2.65. The molecule has 0 bridgehead atoms. The van der Waals surface area contributed by atoms with Gasteiger partial charge in [0.15, 0.2) is 0 Å². The van der Waals surface area contributed by atoms with Crippen LogP contribution in [0.5, 0.6) is 0 Å². The molecule has 2 atom stereocenters. The van der Waals surface area contributed by atoms with Gasteiger partial charge in [0.25, 0.3) is 0 Å². The Bertz CT molecular complexity index is 763. The summed E-state index contributed by atoms with van der Waals surface area (Å²) in [6, 6.07) is 12.0. The fourth-order valence-corrected chi connectivity index (χ4v) is 2.66. The summed E-state index contributed by atoms with van der Waals surface area (Å²) in [6.07, 6.45) is -7.03. The molecular formula is C20H22F3NO3. The van der Waals surface area contributed by atoms with E-state index in [2.05, 4.69) is 5.32 Å². The monoisotopic (exact) mass is 381 g/mol. The second kappa shape index (κ2) is 8.90. The highest BCUT2D eigenvalue weighted by molar-refractivity contribution is 5.67. The molecule has 7 heteroatoms. The number of nitrogens with one attached hydrogen (secondary N) is 1. The molecule has 0 spiro atoms. The predicted molar refractivity (Wildman–Crippen MR) is 95.1 cm³/mol. The van der Waals surface area contributed by atoms with Crippen LogP contribution < -0.4 is 5.32 Å². The Morgan fingerprint density at radius 1 is 1.15 bits per heavy atom. The highest BCUT2D eigenvalue weighted by Crippen LogP contribution is 2.38. The molecule has 2 aromatic carbocycles. The largest absolute Gasteiger partial charge is 0.442 e. The minimum atomic E-state index is -4.65. The van der Waals surface area contributed by atoms with Gasteiger partial charge in [0.05, 0.1) is 5.56 Å². The maximum atomic E-state index is 13.6. The Morgan fingerprint density at radius 2 is 1.81 bits per heavy atom. The van der Waals surface area contributed by atoms with E-state index in [4.69, 9.17) is 4.74 Å². The fraction of sp³-hybridized carbons (Fsp3) is 0.350. The number of carbonyl (C=O) groups is 1. The van der Waals surface area contributed by atoms with Crippen LogP contribution in [0.25, 0.3) is 0 Å². The second-order valence-corrected chi connectivity index (χ2v) is 6.13. The van der Waals surface area contributed by atoms with Crippen molar-refractivity contribution >= 4 is 6.09 Å². The van der Waals surface area contributed by atoms with Gasteiger partial charge in [-0.25, -0.2) is 4.79 Å². The van der Waals surface area contributed by atoms with E-state index in [9.17, 15) is 23.1 Å². The third-order valence-electron chi connectivity index (χ3n) is 4.05. The van der Waals surface area contributed by atoms with Crippen molar-refractivity contribution in [3.05, 3.63) is 70.8 Å². The van der Waals surface area contributed by atoms with E-state index >= 15 is 0 Å². The minimum Gasteiger partial charge on any atom is -0.442 e. The van der Waals surface area contributed by atoms with Crippen LogP contribution in [0.3, 0.4) is 0 Å². The SMILES string of the molecule is CCCNC(=O)OC(C)c1ccc(C(O)c2ccccc2)cc1C(F)(F)F. The van der Waals surface area contributed by atoms with Crippen molar-refractivity contribution in [2.45, 2.75) is 38.7 Å². The van der Waals surface area contributed by atoms with Gasteiger partial charge in [-0.3, -0.25) is 0 Å². The van der Waals surface area contributed by atoms with E-state index < -0.39 is 30.0 Å². The van der Waals surface area contributed by atoms with Gasteiger partial charge < -0.3 is 15.2 Å². The number of hydrogen-bond acceptors (Lipinski definition) is 3. The van der Waals surface area contributed by atoms with Crippen molar-refractivity contribution in [1.29, 1.82) is 0 Å². The zero-order valence-electron chi connectivity index (χ0n) is 15.1. The summed E-state index contributed by atoms with van der Waals surface area (Å²) in [5, 5.41) is 12.9. The summed E-state index contributed by atoms with van der Waals surface area (Å²) in [6.45, 7) is 3.60. The zero-order chi connectivity index (χ0) is 20.0. The Kier molecular flexibility index (Phi) is 6.85. The molecule has 2 unspecified atom stereocenters. The van der Waals surface area contributed by atoms with E-state index in [0.29, 0.717) is 18.5 Å². The summed E-state index contributed by atoms with van der Waals surface area (Å²) >= 11 is 0. The van der Waals surface area contributed by atoms with E-state index in [0.717, 1.165) is 6.07 Å². The lowest BCUT2D eigenvalue weighted by atomic mass is 9.95. The first kappa shape index (κ1) is 20.8. The van der Waals surface area contributed by atoms with Crippen molar-refractivity contribution in [3.8, 4) is 0 Å². The van der Waals surface area contributed by atoms with E-state index in [1.807, 2.05) is 6.92 Å². The molecular weight excluding hydrogens is 359 g/mol. The Hall–Kier alpha value is -2.54. The summed E-state index contributed by atoms with van der Waals surface area (Å²) in [5.74, 6) is 0. The summed E-state index contributed by atoms with van der Waals surface area (Å²) < 4.78 is 45.7. The molecule has 1 amide bonds. The average molecular weight is 381 g/mol. The lowest BCUT2D eigenvalue weighted by molar-refractivity contribution is -0.139. The normalized spacial score (nSPS) is 13.7. The van der Waals surface area contributed by atoms with Gasteiger partial charge in [0, 0.05) is 12.1 Å². The van der Waals surface area contributed by atoms with E-state index in [1.54, 1.807) is 30.3 Å². The van der Waals surface area contributed by atoms with Crippen LogP contribution in [-0.2, 0) is 10.9 Å². The van der Waals surface area contributed by atoms with Crippen LogP contribution >= 0.6 is 0 Å². The summed E-state index contributed by atoms with van der Waals surface area (Å²) in [7, 11) is 0. The molecule has 27 heavy (non-hydrogen) atoms. The van der Waals surface area contributed by atoms with Crippen molar-refractivity contribution < 1.29 is 27.8 Å². The Balaban J connectivity index is 2.32. The molecule has 2 aromatic rings. The number of alkyl halides is 3. The van der Waals surface area contributed by atoms with E-state index in [1.165, 1.54) is 19.1 Å². The zero-order valence-corrected chi connectivity index (χ0v) is 15.1. The number of rotatable bonds is 6. The van der Waals surface area contributed by atoms with Crippen molar-refractivity contribution in [2.24, 2.45) is 0 Å². The third kappa shape index (κ3) is 5.47. The molecule has 2 N–H and O–H groups in total.